The van der Waals surface area contributed by atoms with E-state index in [0.29, 0.717) is 51.2 Å². The van der Waals surface area contributed by atoms with Crippen LogP contribution in [-0.4, -0.2) is 35.2 Å². The molecule has 0 bridgehead atoms. The average molecular weight is 609 g/mol. The molecule has 39 heavy (non-hydrogen) atoms. The van der Waals surface area contributed by atoms with Crippen LogP contribution in [0.25, 0.3) is 10.1 Å². The Morgan fingerprint density at radius 2 is 1.79 bits per heavy atom. The first-order valence-electron chi connectivity index (χ1n) is 13.4. The quantitative estimate of drug-likeness (QED) is 0.230. The fraction of sp³-hybridized carbons (Fsp3) is 0.448. The maximum absolute atomic E-state index is 13.2. The second-order valence-electron chi connectivity index (χ2n) is 10.6. The number of hydrogen-bond acceptors (Lipinski definition) is 4. The van der Waals surface area contributed by atoms with Gasteiger partial charge in [-0.3, -0.25) is 9.59 Å². The zero-order valence-corrected chi connectivity index (χ0v) is 25.3. The summed E-state index contributed by atoms with van der Waals surface area (Å²) in [5, 5.41) is 8.00. The Hall–Kier alpha value is -1.97. The highest BCUT2D eigenvalue weighted by molar-refractivity contribution is 7.83. The minimum atomic E-state index is -1.42. The van der Waals surface area contributed by atoms with E-state index in [1.165, 1.54) is 11.3 Å². The van der Waals surface area contributed by atoms with E-state index in [4.69, 9.17) is 23.2 Å². The Morgan fingerprint density at radius 3 is 2.51 bits per heavy atom. The van der Waals surface area contributed by atoms with Crippen molar-refractivity contribution in [2.75, 3.05) is 13.1 Å². The zero-order chi connectivity index (χ0) is 27.9. The lowest BCUT2D eigenvalue weighted by Crippen LogP contribution is -2.48. The summed E-state index contributed by atoms with van der Waals surface area (Å²) in [6, 6.07) is 14.1. The Labute approximate surface area is 246 Å². The standard InChI is InChI=1S/C29H35Cl2N3O3S2/c1-18(2)12-24(34-29(36)26-14-21-8-3-4-9-25(21)38-26)28(35)32-16-19-6-5-7-20(13-19)17-33-39(37)27-11-10-22(30)15-23(27)31/h3-4,8-11,14-15,18-20,24,33H,5-7,12-13,16-17H2,1-2H3,(H,32,35)(H,34,36)/t19-,20?,24-,39?/m0/s1. The first-order chi connectivity index (χ1) is 18.7. The topological polar surface area (TPSA) is 87.3 Å². The summed E-state index contributed by atoms with van der Waals surface area (Å²) in [6.45, 7) is 5.27. The van der Waals surface area contributed by atoms with E-state index in [1.807, 2.05) is 44.2 Å². The molecule has 3 aromatic rings. The van der Waals surface area contributed by atoms with Gasteiger partial charge in [-0.2, -0.15) is 0 Å². The SMILES string of the molecule is CC(C)C[C@H](NC(=O)c1cc2ccccc2s1)C(=O)NC[C@H]1CCCC(CNS(=O)c2ccc(Cl)cc2Cl)C1. The first kappa shape index (κ1) is 30.0. The van der Waals surface area contributed by atoms with Crippen molar-refractivity contribution in [2.45, 2.75) is 56.9 Å². The lowest BCUT2D eigenvalue weighted by molar-refractivity contribution is -0.123. The number of benzene rings is 2. The van der Waals surface area contributed by atoms with E-state index in [9.17, 15) is 13.8 Å². The number of fused-ring (bicyclic) bond motifs is 1. The smallest absolute Gasteiger partial charge is 0.262 e. The molecule has 1 heterocycles. The molecule has 1 aromatic heterocycles. The van der Waals surface area contributed by atoms with Gasteiger partial charge in [0.1, 0.15) is 17.0 Å². The zero-order valence-electron chi connectivity index (χ0n) is 22.2. The lowest BCUT2D eigenvalue weighted by Gasteiger charge is -2.30. The predicted molar refractivity (Wildman–Crippen MR) is 162 cm³/mol. The molecular formula is C29H35Cl2N3O3S2. The molecule has 0 radical (unpaired) electrons. The molecular weight excluding hydrogens is 573 g/mol. The number of carbonyl (C=O) groups excluding carboxylic acids is 2. The van der Waals surface area contributed by atoms with Crippen molar-refractivity contribution in [3.8, 4) is 0 Å². The van der Waals surface area contributed by atoms with Gasteiger partial charge in [-0.1, -0.05) is 61.7 Å². The Morgan fingerprint density at radius 1 is 1.05 bits per heavy atom. The molecule has 0 saturated heterocycles. The van der Waals surface area contributed by atoms with Crippen molar-refractivity contribution >= 4 is 67.4 Å². The fourth-order valence-electron chi connectivity index (χ4n) is 5.06. The number of thiophene rings is 1. The number of halogens is 2. The van der Waals surface area contributed by atoms with Gasteiger partial charge < -0.3 is 10.6 Å². The monoisotopic (exact) mass is 607 g/mol. The minimum Gasteiger partial charge on any atom is -0.354 e. The Kier molecular flexibility index (Phi) is 10.8. The van der Waals surface area contributed by atoms with Crippen LogP contribution in [0.1, 0.15) is 55.6 Å². The second-order valence-corrected chi connectivity index (χ2v) is 13.8. The molecule has 1 saturated carbocycles. The highest BCUT2D eigenvalue weighted by Gasteiger charge is 2.27. The summed E-state index contributed by atoms with van der Waals surface area (Å²) in [5.74, 6) is 0.588. The third kappa shape index (κ3) is 8.51. The first-order valence-corrected chi connectivity index (χ1v) is 16.1. The molecule has 2 unspecified atom stereocenters. The third-order valence-electron chi connectivity index (χ3n) is 7.03. The van der Waals surface area contributed by atoms with E-state index in [0.717, 1.165) is 35.8 Å². The van der Waals surface area contributed by atoms with Crippen LogP contribution in [0.3, 0.4) is 0 Å². The number of nitrogens with one attached hydrogen (secondary N) is 3. The molecule has 3 N–H and O–H groups in total. The van der Waals surface area contributed by atoms with Crippen molar-refractivity contribution in [1.82, 2.24) is 15.4 Å². The Balaban J connectivity index is 1.28. The van der Waals surface area contributed by atoms with Crippen LogP contribution in [0, 0.1) is 17.8 Å². The van der Waals surface area contributed by atoms with Crippen LogP contribution in [-0.2, 0) is 15.8 Å². The van der Waals surface area contributed by atoms with Gasteiger partial charge in [-0.25, -0.2) is 8.93 Å². The molecule has 210 valence electrons. The van der Waals surface area contributed by atoms with Crippen LogP contribution >= 0.6 is 34.5 Å². The highest BCUT2D eigenvalue weighted by Crippen LogP contribution is 2.29. The summed E-state index contributed by atoms with van der Waals surface area (Å²) >= 11 is 13.6. The number of rotatable bonds is 11. The van der Waals surface area contributed by atoms with Crippen molar-refractivity contribution in [3.63, 3.8) is 0 Å². The maximum Gasteiger partial charge on any atom is 0.262 e. The normalized spacial score (nSPS) is 19.1. The fourth-order valence-corrected chi connectivity index (χ4v) is 7.62. The van der Waals surface area contributed by atoms with E-state index >= 15 is 0 Å². The molecule has 0 spiro atoms. The Bertz CT molecular complexity index is 1300. The lowest BCUT2D eigenvalue weighted by atomic mass is 9.81. The summed E-state index contributed by atoms with van der Waals surface area (Å²) in [5.41, 5.74) is 0. The third-order valence-corrected chi connectivity index (χ3v) is 9.99. The van der Waals surface area contributed by atoms with Crippen LogP contribution in [0.2, 0.25) is 10.0 Å². The van der Waals surface area contributed by atoms with Crippen LogP contribution < -0.4 is 15.4 Å². The number of hydrogen-bond donors (Lipinski definition) is 3. The van der Waals surface area contributed by atoms with Gasteiger partial charge in [0.05, 0.1) is 14.8 Å². The molecule has 6 nitrogen and oxygen atoms in total. The van der Waals surface area contributed by atoms with E-state index in [1.54, 1.807) is 18.2 Å². The van der Waals surface area contributed by atoms with Gasteiger partial charge in [0.15, 0.2) is 0 Å². The van der Waals surface area contributed by atoms with Crippen molar-refractivity contribution in [2.24, 2.45) is 17.8 Å². The van der Waals surface area contributed by atoms with E-state index in [-0.39, 0.29) is 17.7 Å². The molecule has 2 amide bonds. The summed E-state index contributed by atoms with van der Waals surface area (Å²) < 4.78 is 16.9. The van der Waals surface area contributed by atoms with Crippen LogP contribution in [0.4, 0.5) is 0 Å². The number of carbonyl (C=O) groups is 2. The van der Waals surface area contributed by atoms with Crippen molar-refractivity contribution in [1.29, 1.82) is 0 Å². The molecule has 1 aliphatic carbocycles. The van der Waals surface area contributed by atoms with Crippen LogP contribution in [0.5, 0.6) is 0 Å². The van der Waals surface area contributed by atoms with Gasteiger partial charge in [0.2, 0.25) is 5.91 Å². The van der Waals surface area contributed by atoms with E-state index < -0.39 is 17.0 Å². The molecule has 10 heteroatoms. The summed E-state index contributed by atoms with van der Waals surface area (Å²) in [6.07, 6.45) is 4.63. The van der Waals surface area contributed by atoms with Gasteiger partial charge in [-0.15, -0.1) is 11.3 Å². The minimum absolute atomic E-state index is 0.142. The van der Waals surface area contributed by atoms with Gasteiger partial charge in [0.25, 0.3) is 5.91 Å². The van der Waals surface area contributed by atoms with Gasteiger partial charge in [-0.05, 0) is 79.2 Å². The molecule has 1 fully saturated rings. The molecule has 0 aliphatic heterocycles. The average Bonchev–Trinajstić information content (AvgIpc) is 3.35. The van der Waals surface area contributed by atoms with Crippen molar-refractivity contribution in [3.05, 3.63) is 63.5 Å². The summed E-state index contributed by atoms with van der Waals surface area (Å²) in [4.78, 5) is 27.3. The van der Waals surface area contributed by atoms with Gasteiger partial charge >= 0.3 is 0 Å². The molecule has 2 aromatic carbocycles. The summed E-state index contributed by atoms with van der Waals surface area (Å²) in [7, 11) is -1.42. The highest BCUT2D eigenvalue weighted by atomic mass is 35.5. The largest absolute Gasteiger partial charge is 0.354 e. The molecule has 4 atom stereocenters. The van der Waals surface area contributed by atoms with Crippen LogP contribution in [0.15, 0.2) is 53.4 Å². The van der Waals surface area contributed by atoms with Gasteiger partial charge in [0, 0.05) is 22.8 Å². The maximum atomic E-state index is 13.2. The number of amides is 2. The molecule has 4 rings (SSSR count). The second kappa shape index (κ2) is 14.1. The predicted octanol–water partition coefficient (Wildman–Crippen LogP) is 6.59. The van der Waals surface area contributed by atoms with E-state index in [2.05, 4.69) is 15.4 Å². The molecule has 1 aliphatic rings. The van der Waals surface area contributed by atoms with Crippen molar-refractivity contribution < 1.29 is 13.8 Å².